The summed E-state index contributed by atoms with van der Waals surface area (Å²) in [5.74, 6) is 0.0534. The molecule has 0 amide bonds. The van der Waals surface area contributed by atoms with Crippen molar-refractivity contribution in [1.29, 1.82) is 0 Å². The Morgan fingerprint density at radius 1 is 1.05 bits per heavy atom. The third kappa shape index (κ3) is 3.71. The van der Waals surface area contributed by atoms with E-state index in [1.807, 2.05) is 44.2 Å². The van der Waals surface area contributed by atoms with E-state index in [0.29, 0.717) is 4.90 Å². The van der Waals surface area contributed by atoms with E-state index in [0.717, 1.165) is 16.7 Å². The average molecular weight is 303 g/mol. The number of rotatable bonds is 5. The van der Waals surface area contributed by atoms with Crippen molar-refractivity contribution < 1.29 is 8.42 Å². The number of aryl methyl sites for hydroxylation is 2. The molecule has 0 saturated carbocycles. The molecule has 0 spiro atoms. The predicted molar refractivity (Wildman–Crippen MR) is 86.2 cm³/mol. The first-order valence-corrected chi connectivity index (χ1v) is 8.61. The fourth-order valence-electron chi connectivity index (χ4n) is 2.43. The van der Waals surface area contributed by atoms with E-state index in [2.05, 4.69) is 5.32 Å². The molecular formula is C17H21NO2S. The standard InChI is InChI=1S/C17H21NO2S/c1-13-7-6-9-15(11-13)21(19,20)12-17(18-3)16-10-5-4-8-14(16)2/h4-11,17-18H,12H2,1-3H3. The molecular weight excluding hydrogens is 282 g/mol. The zero-order valence-electron chi connectivity index (χ0n) is 12.6. The van der Waals surface area contributed by atoms with Crippen LogP contribution in [0.15, 0.2) is 53.4 Å². The monoisotopic (exact) mass is 303 g/mol. The van der Waals surface area contributed by atoms with Crippen molar-refractivity contribution in [2.45, 2.75) is 24.8 Å². The van der Waals surface area contributed by atoms with Gasteiger partial charge in [0.15, 0.2) is 9.84 Å². The fraction of sp³-hybridized carbons (Fsp3) is 0.294. The molecule has 1 N–H and O–H groups in total. The van der Waals surface area contributed by atoms with Crippen molar-refractivity contribution in [3.8, 4) is 0 Å². The van der Waals surface area contributed by atoms with Crippen LogP contribution in [0.25, 0.3) is 0 Å². The Morgan fingerprint density at radius 2 is 1.76 bits per heavy atom. The van der Waals surface area contributed by atoms with Crippen LogP contribution in [0, 0.1) is 13.8 Å². The van der Waals surface area contributed by atoms with Crippen molar-refractivity contribution in [2.24, 2.45) is 0 Å². The molecule has 0 aliphatic heterocycles. The van der Waals surface area contributed by atoms with E-state index in [1.54, 1.807) is 25.2 Å². The van der Waals surface area contributed by atoms with Crippen molar-refractivity contribution in [2.75, 3.05) is 12.8 Å². The molecule has 0 bridgehead atoms. The Hall–Kier alpha value is -1.65. The second-order valence-corrected chi connectivity index (χ2v) is 7.33. The van der Waals surface area contributed by atoms with E-state index in [4.69, 9.17) is 0 Å². The summed E-state index contributed by atoms with van der Waals surface area (Å²) in [5.41, 5.74) is 3.07. The molecule has 0 heterocycles. The largest absolute Gasteiger partial charge is 0.312 e. The Balaban J connectivity index is 2.32. The van der Waals surface area contributed by atoms with Gasteiger partial charge in [0.1, 0.15) is 0 Å². The lowest BCUT2D eigenvalue weighted by Gasteiger charge is -2.19. The molecule has 2 rings (SSSR count). The molecule has 21 heavy (non-hydrogen) atoms. The molecule has 3 nitrogen and oxygen atoms in total. The second kappa shape index (κ2) is 6.41. The highest BCUT2D eigenvalue weighted by molar-refractivity contribution is 7.91. The lowest BCUT2D eigenvalue weighted by Crippen LogP contribution is -2.26. The van der Waals surface area contributed by atoms with Gasteiger partial charge in [0.05, 0.1) is 10.6 Å². The van der Waals surface area contributed by atoms with Gasteiger partial charge in [0.25, 0.3) is 0 Å². The summed E-state index contributed by atoms with van der Waals surface area (Å²) in [6.07, 6.45) is 0. The van der Waals surface area contributed by atoms with Gasteiger partial charge in [0.2, 0.25) is 0 Å². The van der Waals surface area contributed by atoms with Crippen molar-refractivity contribution in [1.82, 2.24) is 5.32 Å². The molecule has 0 fully saturated rings. The highest BCUT2D eigenvalue weighted by atomic mass is 32.2. The van der Waals surface area contributed by atoms with Gasteiger partial charge >= 0.3 is 0 Å². The second-order valence-electron chi connectivity index (χ2n) is 5.30. The molecule has 112 valence electrons. The minimum absolute atomic E-state index is 0.0534. The smallest absolute Gasteiger partial charge is 0.180 e. The summed E-state index contributed by atoms with van der Waals surface area (Å²) < 4.78 is 25.2. The molecule has 0 aromatic heterocycles. The van der Waals surface area contributed by atoms with Gasteiger partial charge in [-0.2, -0.15) is 0 Å². The molecule has 0 radical (unpaired) electrons. The van der Waals surface area contributed by atoms with Crippen LogP contribution >= 0.6 is 0 Å². The number of sulfone groups is 1. The summed E-state index contributed by atoms with van der Waals surface area (Å²) >= 11 is 0. The molecule has 2 aromatic rings. The highest BCUT2D eigenvalue weighted by Gasteiger charge is 2.22. The maximum absolute atomic E-state index is 12.6. The summed E-state index contributed by atoms with van der Waals surface area (Å²) in [4.78, 5) is 0.385. The molecule has 4 heteroatoms. The van der Waals surface area contributed by atoms with E-state index in [-0.39, 0.29) is 11.8 Å². The zero-order chi connectivity index (χ0) is 15.5. The number of benzene rings is 2. The van der Waals surface area contributed by atoms with Gasteiger partial charge in [-0.1, -0.05) is 36.4 Å². The Morgan fingerprint density at radius 3 is 2.38 bits per heavy atom. The topological polar surface area (TPSA) is 46.2 Å². The molecule has 1 unspecified atom stereocenters. The zero-order valence-corrected chi connectivity index (χ0v) is 13.4. The fourth-order valence-corrected chi connectivity index (χ4v) is 4.06. The van der Waals surface area contributed by atoms with Crippen LogP contribution in [-0.4, -0.2) is 21.2 Å². The van der Waals surface area contributed by atoms with Gasteiger partial charge in [-0.05, 0) is 49.7 Å². The summed E-state index contributed by atoms with van der Waals surface area (Å²) in [7, 11) is -1.53. The van der Waals surface area contributed by atoms with Gasteiger partial charge in [-0.3, -0.25) is 0 Å². The Bertz CT molecular complexity index is 723. The molecule has 0 aliphatic carbocycles. The van der Waals surface area contributed by atoms with Crippen molar-refractivity contribution in [3.05, 3.63) is 65.2 Å². The summed E-state index contributed by atoms with van der Waals surface area (Å²) in [6, 6.07) is 14.7. The summed E-state index contributed by atoms with van der Waals surface area (Å²) in [6.45, 7) is 3.90. The van der Waals surface area contributed by atoms with E-state index < -0.39 is 9.84 Å². The quantitative estimate of drug-likeness (QED) is 0.923. The van der Waals surface area contributed by atoms with Crippen LogP contribution in [-0.2, 0) is 9.84 Å². The molecule has 0 aliphatic rings. The van der Waals surface area contributed by atoms with Gasteiger partial charge in [-0.25, -0.2) is 8.42 Å². The van der Waals surface area contributed by atoms with Crippen molar-refractivity contribution in [3.63, 3.8) is 0 Å². The highest BCUT2D eigenvalue weighted by Crippen LogP contribution is 2.22. The Labute approximate surface area is 126 Å². The lowest BCUT2D eigenvalue weighted by atomic mass is 10.0. The molecule has 1 atom stereocenters. The van der Waals surface area contributed by atoms with E-state index in [1.165, 1.54) is 0 Å². The predicted octanol–water partition coefficient (Wildman–Crippen LogP) is 3.04. The maximum atomic E-state index is 12.6. The molecule has 2 aromatic carbocycles. The number of nitrogens with one attached hydrogen (secondary N) is 1. The van der Waals surface area contributed by atoms with Gasteiger partial charge < -0.3 is 5.32 Å². The first kappa shape index (κ1) is 15.7. The van der Waals surface area contributed by atoms with Crippen LogP contribution in [0.4, 0.5) is 0 Å². The summed E-state index contributed by atoms with van der Waals surface area (Å²) in [5, 5.41) is 3.12. The average Bonchev–Trinajstić information content (AvgIpc) is 2.45. The third-order valence-corrected chi connectivity index (χ3v) is 5.39. The Kier molecular flexibility index (Phi) is 4.80. The minimum Gasteiger partial charge on any atom is -0.312 e. The first-order valence-electron chi connectivity index (χ1n) is 6.96. The number of hydrogen-bond donors (Lipinski definition) is 1. The first-order chi connectivity index (χ1) is 9.94. The minimum atomic E-state index is -3.32. The van der Waals surface area contributed by atoms with Crippen LogP contribution in [0.3, 0.4) is 0 Å². The lowest BCUT2D eigenvalue weighted by molar-refractivity contribution is 0.573. The maximum Gasteiger partial charge on any atom is 0.180 e. The van der Waals surface area contributed by atoms with E-state index >= 15 is 0 Å². The number of hydrogen-bond acceptors (Lipinski definition) is 3. The SMILES string of the molecule is CNC(CS(=O)(=O)c1cccc(C)c1)c1ccccc1C. The normalized spacial score (nSPS) is 13.1. The van der Waals surface area contributed by atoms with Crippen LogP contribution in [0.1, 0.15) is 22.7 Å². The van der Waals surface area contributed by atoms with Crippen molar-refractivity contribution >= 4 is 9.84 Å². The van der Waals surface area contributed by atoms with Gasteiger partial charge in [-0.15, -0.1) is 0 Å². The van der Waals surface area contributed by atoms with Crippen LogP contribution < -0.4 is 5.32 Å². The van der Waals surface area contributed by atoms with Crippen LogP contribution in [0.2, 0.25) is 0 Å². The molecule has 0 saturated heterocycles. The third-order valence-electron chi connectivity index (χ3n) is 3.65. The van der Waals surface area contributed by atoms with E-state index in [9.17, 15) is 8.42 Å². The van der Waals surface area contributed by atoms with Crippen LogP contribution in [0.5, 0.6) is 0 Å². The van der Waals surface area contributed by atoms with Gasteiger partial charge in [0, 0.05) is 6.04 Å².